The fourth-order valence-electron chi connectivity index (χ4n) is 3.08. The van der Waals surface area contributed by atoms with Crippen LogP contribution in [0.2, 0.25) is 0 Å². The Morgan fingerprint density at radius 2 is 1.93 bits per heavy atom. The fraction of sp³-hybridized carbons (Fsp3) is 0.0526. The van der Waals surface area contributed by atoms with Crippen molar-refractivity contribution >= 4 is 63.3 Å². The number of nitrogens with zero attached hydrogens (tertiary/aromatic N) is 4. The highest BCUT2D eigenvalue weighted by atomic mass is 32.2. The van der Waals surface area contributed by atoms with Crippen molar-refractivity contribution in [3.05, 3.63) is 68.6 Å². The normalized spacial score (nSPS) is 18.6. The second-order valence-corrected chi connectivity index (χ2v) is 7.96. The number of aromatic hydroxyl groups is 1. The predicted molar refractivity (Wildman–Crippen MR) is 116 cm³/mol. The van der Waals surface area contributed by atoms with Crippen molar-refractivity contribution in [2.24, 2.45) is 5.10 Å². The van der Waals surface area contributed by atoms with Gasteiger partial charge in [-0.15, -0.1) is 0 Å². The van der Waals surface area contributed by atoms with E-state index >= 15 is 0 Å². The molecule has 2 aromatic rings. The van der Waals surface area contributed by atoms with E-state index in [-0.39, 0.29) is 37.7 Å². The van der Waals surface area contributed by atoms with Crippen LogP contribution in [0, 0.1) is 10.1 Å². The van der Waals surface area contributed by atoms with Crippen LogP contribution in [0.1, 0.15) is 11.1 Å². The molecule has 0 unspecified atom stereocenters. The van der Waals surface area contributed by atoms with Crippen LogP contribution in [0.5, 0.6) is 5.75 Å². The number of hydrazone groups is 1. The molecule has 2 amide bonds. The molecule has 0 aromatic heterocycles. The van der Waals surface area contributed by atoms with Gasteiger partial charge in [-0.05, 0) is 24.4 Å². The Hall–Kier alpha value is -3.57. The van der Waals surface area contributed by atoms with E-state index in [4.69, 9.17) is 12.2 Å². The third-order valence-corrected chi connectivity index (χ3v) is 5.92. The van der Waals surface area contributed by atoms with Gasteiger partial charge in [0.25, 0.3) is 17.5 Å². The van der Waals surface area contributed by atoms with E-state index in [0.717, 1.165) is 41.2 Å². The van der Waals surface area contributed by atoms with Crippen molar-refractivity contribution in [3.63, 3.8) is 0 Å². The number of thiocarbonyl (C=S) groups is 1. The first-order valence-corrected chi connectivity index (χ1v) is 9.71. The number of thioether (sulfide) groups is 1. The molecular weight excluding hydrogens is 428 g/mol. The molecule has 30 heavy (non-hydrogen) atoms. The summed E-state index contributed by atoms with van der Waals surface area (Å²) in [6.45, 7) is 0. The summed E-state index contributed by atoms with van der Waals surface area (Å²) in [5.74, 6) is -1.15. The lowest BCUT2D eigenvalue weighted by Gasteiger charge is -2.08. The molecule has 0 atom stereocenters. The highest BCUT2D eigenvalue weighted by molar-refractivity contribution is 8.26. The second-order valence-electron chi connectivity index (χ2n) is 6.32. The first-order chi connectivity index (χ1) is 14.3. The molecule has 150 valence electrons. The maximum atomic E-state index is 13.0. The number of amides is 2. The first kappa shape index (κ1) is 19.7. The predicted octanol–water partition coefficient (Wildman–Crippen LogP) is 2.88. The number of fused-ring (bicyclic) bond motifs is 1. The lowest BCUT2D eigenvalue weighted by atomic mass is 10.1. The monoisotopic (exact) mass is 440 g/mol. The van der Waals surface area contributed by atoms with Gasteiger partial charge >= 0.3 is 0 Å². The zero-order valence-electron chi connectivity index (χ0n) is 15.3. The average Bonchev–Trinajstić information content (AvgIpc) is 3.14. The van der Waals surface area contributed by atoms with Gasteiger partial charge in [0, 0.05) is 30.3 Å². The summed E-state index contributed by atoms with van der Waals surface area (Å²) >= 11 is 6.19. The molecule has 2 heterocycles. The number of carbonyl (C=O) groups is 2. The summed E-state index contributed by atoms with van der Waals surface area (Å²) in [4.78, 5) is 37.6. The molecule has 1 saturated heterocycles. The van der Waals surface area contributed by atoms with Gasteiger partial charge in [-0.25, -0.2) is 0 Å². The summed E-state index contributed by atoms with van der Waals surface area (Å²) in [6.07, 6.45) is 1.11. The number of anilines is 1. The van der Waals surface area contributed by atoms with E-state index in [2.05, 4.69) is 5.10 Å². The van der Waals surface area contributed by atoms with Crippen molar-refractivity contribution in [2.75, 3.05) is 11.9 Å². The fourth-order valence-corrected chi connectivity index (χ4v) is 4.32. The quantitative estimate of drug-likeness (QED) is 0.256. The van der Waals surface area contributed by atoms with Gasteiger partial charge in [0.05, 0.1) is 27.3 Å². The lowest BCUT2D eigenvalue weighted by molar-refractivity contribution is -0.384. The van der Waals surface area contributed by atoms with Crippen molar-refractivity contribution in [1.29, 1.82) is 0 Å². The highest BCUT2D eigenvalue weighted by Crippen LogP contribution is 2.44. The SMILES string of the molecule is CN1C(=O)/C(=C2\SC(=S)N(/N=C\c3cc([N+](=O)[O-])ccc3O)C2=O)c2ccccc21. The number of rotatable bonds is 3. The molecule has 0 radical (unpaired) electrons. The van der Waals surface area contributed by atoms with Gasteiger partial charge in [0.2, 0.25) is 0 Å². The Morgan fingerprint density at radius 3 is 2.67 bits per heavy atom. The van der Waals surface area contributed by atoms with Gasteiger partial charge in [0.1, 0.15) is 5.75 Å². The maximum absolute atomic E-state index is 13.0. The van der Waals surface area contributed by atoms with Gasteiger partial charge in [-0.3, -0.25) is 19.7 Å². The van der Waals surface area contributed by atoms with E-state index in [0.29, 0.717) is 11.3 Å². The first-order valence-electron chi connectivity index (χ1n) is 8.49. The molecule has 1 fully saturated rings. The summed E-state index contributed by atoms with van der Waals surface area (Å²) in [7, 11) is 1.62. The Kier molecular flexibility index (Phi) is 4.84. The minimum atomic E-state index is -0.611. The third kappa shape index (κ3) is 3.13. The Morgan fingerprint density at radius 1 is 1.20 bits per heavy atom. The zero-order valence-corrected chi connectivity index (χ0v) is 16.9. The minimum absolute atomic E-state index is 0.0490. The minimum Gasteiger partial charge on any atom is -0.507 e. The molecular formula is C19H12N4O5S2. The number of phenols is 1. The number of para-hydroxylation sites is 1. The smallest absolute Gasteiger partial charge is 0.287 e. The molecule has 1 N–H and O–H groups in total. The van der Waals surface area contributed by atoms with Crippen LogP contribution in [0.25, 0.3) is 5.57 Å². The molecule has 2 aliphatic rings. The maximum Gasteiger partial charge on any atom is 0.287 e. The molecule has 4 rings (SSSR count). The molecule has 2 aromatic carbocycles. The largest absolute Gasteiger partial charge is 0.507 e. The van der Waals surface area contributed by atoms with Gasteiger partial charge in [-0.2, -0.15) is 10.1 Å². The van der Waals surface area contributed by atoms with Crippen molar-refractivity contribution in [3.8, 4) is 5.75 Å². The number of non-ortho nitro benzene ring substituents is 1. The molecule has 11 heteroatoms. The van der Waals surface area contributed by atoms with Crippen LogP contribution in [-0.4, -0.2) is 44.4 Å². The number of hydrogen-bond donors (Lipinski definition) is 1. The molecule has 0 spiro atoms. The third-order valence-electron chi connectivity index (χ3n) is 4.56. The van der Waals surface area contributed by atoms with Crippen LogP contribution in [0.4, 0.5) is 11.4 Å². The van der Waals surface area contributed by atoms with E-state index in [1.807, 2.05) is 0 Å². The van der Waals surface area contributed by atoms with Crippen molar-refractivity contribution in [2.45, 2.75) is 0 Å². The van der Waals surface area contributed by atoms with E-state index in [1.165, 1.54) is 4.90 Å². The Balaban J connectivity index is 1.71. The number of nitro benzene ring substituents is 1. The van der Waals surface area contributed by atoms with E-state index in [1.54, 1.807) is 31.3 Å². The van der Waals surface area contributed by atoms with Crippen molar-refractivity contribution in [1.82, 2.24) is 5.01 Å². The Labute approximate surface area is 179 Å². The number of hydrogen-bond acceptors (Lipinski definition) is 8. The molecule has 0 bridgehead atoms. The van der Waals surface area contributed by atoms with Crippen LogP contribution in [0.15, 0.2) is 52.5 Å². The summed E-state index contributed by atoms with van der Waals surface area (Å²) in [6, 6.07) is 10.5. The van der Waals surface area contributed by atoms with Crippen LogP contribution < -0.4 is 4.90 Å². The second kappa shape index (κ2) is 7.35. The number of benzene rings is 2. The molecule has 2 aliphatic heterocycles. The van der Waals surface area contributed by atoms with Crippen LogP contribution in [-0.2, 0) is 9.59 Å². The summed E-state index contributed by atoms with van der Waals surface area (Å²) < 4.78 is 0.100. The van der Waals surface area contributed by atoms with Crippen LogP contribution in [0.3, 0.4) is 0 Å². The molecule has 0 aliphatic carbocycles. The Bertz CT molecular complexity index is 1210. The van der Waals surface area contributed by atoms with Gasteiger partial charge < -0.3 is 10.0 Å². The van der Waals surface area contributed by atoms with Gasteiger partial charge in [-0.1, -0.05) is 30.0 Å². The highest BCUT2D eigenvalue weighted by Gasteiger charge is 2.41. The van der Waals surface area contributed by atoms with E-state index < -0.39 is 10.8 Å². The lowest BCUT2D eigenvalue weighted by Crippen LogP contribution is -2.24. The number of likely N-dealkylation sites (N-methyl/N-ethyl adjacent to an activating group) is 1. The number of nitro groups is 1. The average molecular weight is 440 g/mol. The summed E-state index contributed by atoms with van der Waals surface area (Å²) in [5.41, 5.74) is 1.38. The van der Waals surface area contributed by atoms with Gasteiger partial charge in [0.15, 0.2) is 4.32 Å². The summed E-state index contributed by atoms with van der Waals surface area (Å²) in [5, 5.41) is 25.8. The molecule has 9 nitrogen and oxygen atoms in total. The standard InChI is InChI=1S/C19H12N4O5S2/c1-21-13-5-3-2-4-12(13)15(17(21)25)16-18(26)22(19(29)30-16)20-9-10-8-11(23(27)28)6-7-14(10)24/h2-9,24H,1H3/b16-15-,20-9-. The number of carbonyl (C=O) groups excluding carboxylic acids is 2. The topological polar surface area (TPSA) is 116 Å². The molecule has 0 saturated carbocycles. The van der Waals surface area contributed by atoms with Crippen molar-refractivity contribution < 1.29 is 19.6 Å². The zero-order chi connectivity index (χ0) is 21.6. The van der Waals surface area contributed by atoms with Crippen LogP contribution >= 0.6 is 24.0 Å². The van der Waals surface area contributed by atoms with E-state index in [9.17, 15) is 24.8 Å². The number of phenolic OH excluding ortho intramolecular Hbond substituents is 1.